The van der Waals surface area contributed by atoms with E-state index in [9.17, 15) is 9.90 Å². The molecule has 2 heterocycles. The molecule has 1 fully saturated rings. The van der Waals surface area contributed by atoms with Crippen LogP contribution in [-0.4, -0.2) is 40.9 Å². The molecule has 0 spiro atoms. The Morgan fingerprint density at radius 3 is 2.74 bits per heavy atom. The van der Waals surface area contributed by atoms with E-state index in [1.165, 1.54) is 4.90 Å². The third-order valence-corrected chi connectivity index (χ3v) is 3.58. The van der Waals surface area contributed by atoms with Crippen LogP contribution in [0.5, 0.6) is 0 Å². The van der Waals surface area contributed by atoms with Crippen molar-refractivity contribution < 1.29 is 19.1 Å². The first-order chi connectivity index (χ1) is 8.78. The summed E-state index contributed by atoms with van der Waals surface area (Å²) in [7, 11) is 0. The molecule has 1 saturated heterocycles. The van der Waals surface area contributed by atoms with Crippen molar-refractivity contribution in [2.24, 2.45) is 0 Å². The lowest BCUT2D eigenvalue weighted by molar-refractivity contribution is 0.0270. The fourth-order valence-corrected chi connectivity index (χ4v) is 2.59. The highest BCUT2D eigenvalue weighted by Crippen LogP contribution is 2.33. The van der Waals surface area contributed by atoms with Crippen molar-refractivity contribution in [2.45, 2.75) is 38.4 Å². The van der Waals surface area contributed by atoms with Gasteiger partial charge < -0.3 is 19.2 Å². The molecular weight excluding hydrogens is 314 g/mol. The van der Waals surface area contributed by atoms with Gasteiger partial charge in [0.1, 0.15) is 11.4 Å². The quantitative estimate of drug-likeness (QED) is 0.859. The van der Waals surface area contributed by atoms with Gasteiger partial charge in [-0.1, -0.05) is 0 Å². The van der Waals surface area contributed by atoms with Crippen LogP contribution < -0.4 is 0 Å². The smallest absolute Gasteiger partial charge is 0.410 e. The van der Waals surface area contributed by atoms with E-state index < -0.39 is 17.8 Å². The van der Waals surface area contributed by atoms with E-state index in [2.05, 4.69) is 15.9 Å². The van der Waals surface area contributed by atoms with Gasteiger partial charge >= 0.3 is 6.09 Å². The highest BCUT2D eigenvalue weighted by molar-refractivity contribution is 9.10. The van der Waals surface area contributed by atoms with Gasteiger partial charge in [0, 0.05) is 6.54 Å². The summed E-state index contributed by atoms with van der Waals surface area (Å²) < 4.78 is 11.5. The van der Waals surface area contributed by atoms with E-state index in [0.29, 0.717) is 12.3 Å². The van der Waals surface area contributed by atoms with Crippen molar-refractivity contribution in [1.82, 2.24) is 4.90 Å². The molecule has 2 unspecified atom stereocenters. The maximum absolute atomic E-state index is 12.0. The van der Waals surface area contributed by atoms with Crippen molar-refractivity contribution >= 4 is 22.0 Å². The molecule has 0 aromatic carbocycles. The molecule has 0 aliphatic carbocycles. The minimum Gasteiger partial charge on any atom is -0.468 e. The monoisotopic (exact) mass is 331 g/mol. The van der Waals surface area contributed by atoms with Crippen molar-refractivity contribution in [3.8, 4) is 0 Å². The second-order valence-corrected chi connectivity index (χ2v) is 6.55. The van der Waals surface area contributed by atoms with Gasteiger partial charge in [-0.15, -0.1) is 0 Å². The number of rotatable bonds is 1. The van der Waals surface area contributed by atoms with Gasteiger partial charge in [-0.25, -0.2) is 4.79 Å². The number of amides is 1. The average molecular weight is 332 g/mol. The highest BCUT2D eigenvalue weighted by Gasteiger charge is 2.39. The number of halogens is 1. The fraction of sp³-hybridized carbons (Fsp3) is 0.615. The first-order valence-electron chi connectivity index (χ1n) is 6.17. The van der Waals surface area contributed by atoms with Crippen LogP contribution in [0.1, 0.15) is 32.4 Å². The van der Waals surface area contributed by atoms with Gasteiger partial charge in [0.05, 0.1) is 29.3 Å². The van der Waals surface area contributed by atoms with E-state index in [4.69, 9.17) is 9.15 Å². The molecule has 1 aliphatic rings. The lowest BCUT2D eigenvalue weighted by Gasteiger charge is -2.24. The van der Waals surface area contributed by atoms with Crippen molar-refractivity contribution in [3.63, 3.8) is 0 Å². The van der Waals surface area contributed by atoms with Gasteiger partial charge in [-0.05, 0) is 42.8 Å². The molecule has 1 aliphatic heterocycles. The summed E-state index contributed by atoms with van der Waals surface area (Å²) in [6, 6.07) is 1.78. The largest absolute Gasteiger partial charge is 0.468 e. The zero-order valence-electron chi connectivity index (χ0n) is 11.2. The first-order valence-corrected chi connectivity index (χ1v) is 6.96. The third-order valence-electron chi connectivity index (χ3n) is 2.92. The van der Waals surface area contributed by atoms with Crippen LogP contribution in [0.4, 0.5) is 4.79 Å². The molecule has 0 saturated carbocycles. The maximum Gasteiger partial charge on any atom is 0.410 e. The van der Waals surface area contributed by atoms with Gasteiger partial charge in [-0.2, -0.15) is 0 Å². The predicted octanol–water partition coefficient (Wildman–Crippen LogP) is 2.74. The predicted molar refractivity (Wildman–Crippen MR) is 73.0 cm³/mol. The van der Waals surface area contributed by atoms with Crippen LogP contribution in [0.3, 0.4) is 0 Å². The SMILES string of the molecule is CC(C)(C)OC(=O)N1CC(O)C(c2occc2Br)C1. The molecule has 6 heteroatoms. The zero-order chi connectivity index (χ0) is 14.2. The molecule has 1 N–H and O–H groups in total. The Kier molecular flexibility index (Phi) is 3.92. The van der Waals surface area contributed by atoms with E-state index in [1.54, 1.807) is 12.3 Å². The molecule has 2 atom stereocenters. The minimum absolute atomic E-state index is 0.225. The van der Waals surface area contributed by atoms with E-state index in [0.717, 1.165) is 4.47 Å². The molecule has 1 aromatic heterocycles. The Hall–Kier alpha value is -1.01. The average Bonchev–Trinajstić information content (AvgIpc) is 2.82. The first kappa shape index (κ1) is 14.4. The number of carbonyl (C=O) groups excluding carboxylic acids is 1. The number of β-amino-alcohol motifs (C(OH)–C–C–N with tert-alkyl or cyclic N) is 1. The number of hydrogen-bond donors (Lipinski definition) is 1. The van der Waals surface area contributed by atoms with Gasteiger partial charge in [0.15, 0.2) is 0 Å². The third kappa shape index (κ3) is 3.30. The summed E-state index contributed by atoms with van der Waals surface area (Å²) in [6.07, 6.45) is 0.508. The number of hydrogen-bond acceptors (Lipinski definition) is 4. The minimum atomic E-state index is -0.644. The molecule has 1 aromatic rings. The Balaban J connectivity index is 2.06. The Labute approximate surface area is 120 Å². The molecule has 19 heavy (non-hydrogen) atoms. The molecule has 0 bridgehead atoms. The summed E-state index contributed by atoms with van der Waals surface area (Å²) in [5.74, 6) is 0.440. The lowest BCUT2D eigenvalue weighted by Crippen LogP contribution is -2.35. The van der Waals surface area contributed by atoms with Gasteiger partial charge in [-0.3, -0.25) is 0 Å². The van der Waals surface area contributed by atoms with Crippen molar-refractivity contribution in [1.29, 1.82) is 0 Å². The van der Waals surface area contributed by atoms with Crippen molar-refractivity contribution in [3.05, 3.63) is 22.6 Å². The molecule has 2 rings (SSSR count). The van der Waals surface area contributed by atoms with E-state index >= 15 is 0 Å². The molecule has 5 nitrogen and oxygen atoms in total. The summed E-state index contributed by atoms with van der Waals surface area (Å²) in [4.78, 5) is 13.5. The molecule has 1 amide bonds. The highest BCUT2D eigenvalue weighted by atomic mass is 79.9. The van der Waals surface area contributed by atoms with E-state index in [-0.39, 0.29) is 12.5 Å². The summed E-state index contributed by atoms with van der Waals surface area (Å²) in [6.45, 7) is 6.10. The van der Waals surface area contributed by atoms with Crippen LogP contribution in [-0.2, 0) is 4.74 Å². The van der Waals surface area contributed by atoms with Crippen LogP contribution >= 0.6 is 15.9 Å². The number of carbonyl (C=O) groups is 1. The second kappa shape index (κ2) is 5.17. The van der Waals surface area contributed by atoms with Crippen molar-refractivity contribution in [2.75, 3.05) is 13.1 Å². The van der Waals surface area contributed by atoms with Gasteiger partial charge in [0.2, 0.25) is 0 Å². The number of aliphatic hydroxyl groups is 1. The second-order valence-electron chi connectivity index (χ2n) is 5.69. The lowest BCUT2D eigenvalue weighted by atomic mass is 10.0. The van der Waals surface area contributed by atoms with Crippen LogP contribution in [0.25, 0.3) is 0 Å². The Morgan fingerprint density at radius 1 is 1.53 bits per heavy atom. The standard InChI is InChI=1S/C13H18BrNO4/c1-13(2,3)19-12(17)15-6-8(10(16)7-15)11-9(14)4-5-18-11/h4-5,8,10,16H,6-7H2,1-3H3. The fourth-order valence-electron chi connectivity index (χ4n) is 2.09. The number of nitrogens with zero attached hydrogens (tertiary/aromatic N) is 1. The molecule has 106 valence electrons. The van der Waals surface area contributed by atoms with E-state index in [1.807, 2.05) is 20.8 Å². The van der Waals surface area contributed by atoms with Crippen LogP contribution in [0.15, 0.2) is 21.2 Å². The van der Waals surface area contributed by atoms with Crippen LogP contribution in [0, 0.1) is 0 Å². The zero-order valence-corrected chi connectivity index (χ0v) is 12.8. The molecular formula is C13H18BrNO4. The normalized spacial score (nSPS) is 23.7. The number of furan rings is 1. The number of aliphatic hydroxyl groups excluding tert-OH is 1. The molecule has 0 radical (unpaired) electrons. The summed E-state index contributed by atoms with van der Waals surface area (Å²) in [5.41, 5.74) is -0.536. The maximum atomic E-state index is 12.0. The van der Waals surface area contributed by atoms with Crippen LogP contribution in [0.2, 0.25) is 0 Å². The Bertz CT molecular complexity index is 465. The number of likely N-dealkylation sites (tertiary alicyclic amines) is 1. The summed E-state index contributed by atoms with van der Waals surface area (Å²) in [5, 5.41) is 10.1. The summed E-state index contributed by atoms with van der Waals surface area (Å²) >= 11 is 3.37. The Morgan fingerprint density at radius 2 is 2.21 bits per heavy atom. The number of ether oxygens (including phenoxy) is 1. The topological polar surface area (TPSA) is 62.9 Å². The van der Waals surface area contributed by atoms with Gasteiger partial charge in [0.25, 0.3) is 0 Å².